The quantitative estimate of drug-likeness (QED) is 0.574. The zero-order chi connectivity index (χ0) is 18.0. The van der Waals surface area contributed by atoms with Gasteiger partial charge in [0.15, 0.2) is 11.5 Å². The summed E-state index contributed by atoms with van der Waals surface area (Å²) in [5.41, 5.74) is 0.401. The number of carbonyl (C=O) groups excluding carboxylic acids is 3. The van der Waals surface area contributed by atoms with Crippen molar-refractivity contribution in [3.8, 4) is 11.5 Å². The molecule has 7 nitrogen and oxygen atoms in total. The molecule has 1 aromatic heterocycles. The molecule has 1 aromatic carbocycles. The van der Waals surface area contributed by atoms with Crippen molar-refractivity contribution in [2.45, 2.75) is 27.7 Å². The monoisotopic (exact) mass is 398 g/mol. The fourth-order valence-corrected chi connectivity index (χ4v) is 2.69. The topological polar surface area (TPSA) is 92.0 Å². The van der Waals surface area contributed by atoms with E-state index in [1.165, 1.54) is 19.9 Å². The lowest BCUT2D eigenvalue weighted by molar-refractivity contribution is -0.134. The summed E-state index contributed by atoms with van der Waals surface area (Å²) >= 11 is 3.24. The van der Waals surface area contributed by atoms with Crippen molar-refractivity contribution >= 4 is 44.8 Å². The predicted octanol–water partition coefficient (Wildman–Crippen LogP) is 3.53. The van der Waals surface area contributed by atoms with Crippen molar-refractivity contribution < 1.29 is 33.0 Å². The van der Waals surface area contributed by atoms with Crippen LogP contribution < -0.4 is 9.47 Å². The summed E-state index contributed by atoms with van der Waals surface area (Å²) < 4.78 is 21.3. The lowest BCUT2D eigenvalue weighted by Crippen LogP contribution is -2.10. The van der Waals surface area contributed by atoms with Gasteiger partial charge in [-0.2, -0.15) is 0 Å². The molecule has 0 unspecified atom stereocenters. The molecule has 0 radical (unpaired) electrons. The number of esters is 3. The van der Waals surface area contributed by atoms with Crippen molar-refractivity contribution in [1.82, 2.24) is 0 Å². The van der Waals surface area contributed by atoms with Gasteiger partial charge in [0.25, 0.3) is 0 Å². The number of fused-ring (bicyclic) bond motifs is 1. The van der Waals surface area contributed by atoms with Crippen LogP contribution in [-0.4, -0.2) is 24.5 Å². The molecule has 0 bridgehead atoms. The minimum absolute atomic E-state index is 0.0171. The van der Waals surface area contributed by atoms with Gasteiger partial charge in [-0.3, -0.25) is 9.59 Å². The molecular formula is C16H15BrO7. The summed E-state index contributed by atoms with van der Waals surface area (Å²) in [5, 5.41) is 0.209. The van der Waals surface area contributed by atoms with Crippen LogP contribution in [0.4, 0.5) is 0 Å². The molecule has 0 amide bonds. The van der Waals surface area contributed by atoms with Crippen molar-refractivity contribution in [1.29, 1.82) is 0 Å². The lowest BCUT2D eigenvalue weighted by Gasteiger charge is -2.12. The third-order valence-electron chi connectivity index (χ3n) is 2.99. The molecule has 2 rings (SSSR count). The van der Waals surface area contributed by atoms with Crippen LogP contribution in [0.15, 0.2) is 15.0 Å². The smallest absolute Gasteiger partial charge is 0.342 e. The lowest BCUT2D eigenvalue weighted by atomic mass is 10.1. The van der Waals surface area contributed by atoms with Crippen molar-refractivity contribution in [2.75, 3.05) is 6.61 Å². The highest BCUT2D eigenvalue weighted by Gasteiger charge is 2.28. The van der Waals surface area contributed by atoms with Crippen molar-refractivity contribution in [2.24, 2.45) is 0 Å². The van der Waals surface area contributed by atoms with E-state index in [9.17, 15) is 14.4 Å². The van der Waals surface area contributed by atoms with Gasteiger partial charge in [-0.05, 0) is 35.8 Å². The summed E-state index contributed by atoms with van der Waals surface area (Å²) in [7, 11) is 0. The summed E-state index contributed by atoms with van der Waals surface area (Å²) in [4.78, 5) is 35.1. The van der Waals surface area contributed by atoms with E-state index in [2.05, 4.69) is 15.9 Å². The van der Waals surface area contributed by atoms with E-state index >= 15 is 0 Å². The molecule has 8 heteroatoms. The van der Waals surface area contributed by atoms with E-state index in [0.717, 1.165) is 0 Å². The molecular weight excluding hydrogens is 384 g/mol. The van der Waals surface area contributed by atoms with Gasteiger partial charge < -0.3 is 18.6 Å². The van der Waals surface area contributed by atoms with Gasteiger partial charge in [0.1, 0.15) is 16.9 Å². The fraction of sp³-hybridized carbons (Fsp3) is 0.312. The van der Waals surface area contributed by atoms with E-state index < -0.39 is 17.9 Å². The SMILES string of the molecule is CCOC(=O)c1c(C)oc2cc(Br)c(OC(C)=O)c(OC(C)=O)c12. The summed E-state index contributed by atoms with van der Waals surface area (Å²) in [6.45, 7) is 5.83. The Hall–Kier alpha value is -2.35. The first-order chi connectivity index (χ1) is 11.3. The molecule has 0 saturated heterocycles. The van der Waals surface area contributed by atoms with E-state index in [4.69, 9.17) is 18.6 Å². The van der Waals surface area contributed by atoms with E-state index in [1.807, 2.05) is 0 Å². The van der Waals surface area contributed by atoms with Gasteiger partial charge in [-0.1, -0.05) is 0 Å². The van der Waals surface area contributed by atoms with Crippen molar-refractivity contribution in [3.05, 3.63) is 21.9 Å². The molecule has 0 aliphatic carbocycles. The Labute approximate surface area is 146 Å². The standard InChI is InChI=1S/C16H15BrO7/c1-5-21-16(20)12-7(2)22-11-6-10(17)14(23-8(3)18)15(13(11)12)24-9(4)19/h6H,5H2,1-4H3. The average Bonchev–Trinajstić information content (AvgIpc) is 2.78. The number of aryl methyl sites for hydroxylation is 1. The number of rotatable bonds is 4. The number of ether oxygens (including phenoxy) is 3. The average molecular weight is 399 g/mol. The molecule has 0 fully saturated rings. The first kappa shape index (κ1) is 18.0. The minimum atomic E-state index is -0.642. The molecule has 128 valence electrons. The van der Waals surface area contributed by atoms with Gasteiger partial charge >= 0.3 is 17.9 Å². The van der Waals surface area contributed by atoms with Crippen LogP contribution in [0.1, 0.15) is 36.9 Å². The van der Waals surface area contributed by atoms with Crippen LogP contribution >= 0.6 is 15.9 Å². The normalized spacial score (nSPS) is 10.5. The second-order valence-electron chi connectivity index (χ2n) is 4.83. The molecule has 0 aliphatic heterocycles. The van der Waals surface area contributed by atoms with Crippen LogP contribution in [-0.2, 0) is 14.3 Å². The maximum atomic E-state index is 12.3. The molecule has 0 N–H and O–H groups in total. The largest absolute Gasteiger partial charge is 0.462 e. The highest BCUT2D eigenvalue weighted by Crippen LogP contribution is 2.45. The summed E-state index contributed by atoms with van der Waals surface area (Å²) in [5.74, 6) is -1.68. The molecule has 0 saturated carbocycles. The molecule has 0 aliphatic rings. The second-order valence-corrected chi connectivity index (χ2v) is 5.69. The maximum absolute atomic E-state index is 12.3. The van der Waals surface area contributed by atoms with Crippen LogP contribution in [0.2, 0.25) is 0 Å². The number of halogens is 1. The van der Waals surface area contributed by atoms with Gasteiger partial charge in [0, 0.05) is 13.8 Å². The zero-order valence-electron chi connectivity index (χ0n) is 13.5. The van der Waals surface area contributed by atoms with Gasteiger partial charge in [-0.15, -0.1) is 0 Å². The zero-order valence-corrected chi connectivity index (χ0v) is 15.1. The Morgan fingerprint density at radius 1 is 1.12 bits per heavy atom. The van der Waals surface area contributed by atoms with Gasteiger partial charge in [0.2, 0.25) is 0 Å². The second kappa shape index (κ2) is 7.04. The molecule has 1 heterocycles. The molecule has 2 aromatic rings. The molecule has 0 spiro atoms. The Balaban J connectivity index is 2.84. The number of benzene rings is 1. The number of furan rings is 1. The Morgan fingerprint density at radius 3 is 2.25 bits per heavy atom. The highest BCUT2D eigenvalue weighted by atomic mass is 79.9. The fourth-order valence-electron chi connectivity index (χ4n) is 2.22. The minimum Gasteiger partial charge on any atom is -0.462 e. The Morgan fingerprint density at radius 2 is 1.71 bits per heavy atom. The van der Waals surface area contributed by atoms with E-state index in [-0.39, 0.29) is 34.6 Å². The Bertz CT molecular complexity index is 835. The van der Waals surface area contributed by atoms with Crippen LogP contribution in [0.5, 0.6) is 11.5 Å². The van der Waals surface area contributed by atoms with Crippen LogP contribution in [0.3, 0.4) is 0 Å². The maximum Gasteiger partial charge on any atom is 0.342 e. The predicted molar refractivity (Wildman–Crippen MR) is 87.2 cm³/mol. The molecule has 24 heavy (non-hydrogen) atoms. The Kier molecular flexibility index (Phi) is 5.28. The highest BCUT2D eigenvalue weighted by molar-refractivity contribution is 9.10. The molecule has 0 atom stereocenters. The first-order valence-corrected chi connectivity index (χ1v) is 7.85. The van der Waals surface area contributed by atoms with E-state index in [1.54, 1.807) is 13.8 Å². The van der Waals surface area contributed by atoms with Crippen molar-refractivity contribution in [3.63, 3.8) is 0 Å². The van der Waals surface area contributed by atoms with E-state index in [0.29, 0.717) is 10.2 Å². The van der Waals surface area contributed by atoms with Crippen LogP contribution in [0.25, 0.3) is 11.0 Å². The summed E-state index contributed by atoms with van der Waals surface area (Å²) in [6.07, 6.45) is 0. The number of hydrogen-bond acceptors (Lipinski definition) is 7. The number of hydrogen-bond donors (Lipinski definition) is 0. The van der Waals surface area contributed by atoms with Gasteiger partial charge in [-0.25, -0.2) is 4.79 Å². The first-order valence-electron chi connectivity index (χ1n) is 7.05. The number of carbonyl (C=O) groups is 3. The summed E-state index contributed by atoms with van der Waals surface area (Å²) in [6, 6.07) is 1.52. The third-order valence-corrected chi connectivity index (χ3v) is 3.58. The van der Waals surface area contributed by atoms with Gasteiger partial charge in [0.05, 0.1) is 16.5 Å². The van der Waals surface area contributed by atoms with Crippen LogP contribution in [0, 0.1) is 6.92 Å². The third kappa shape index (κ3) is 3.43.